The highest BCUT2D eigenvalue weighted by molar-refractivity contribution is 7.31. The van der Waals surface area contributed by atoms with Gasteiger partial charge in [-0.15, -0.1) is 68.0 Å². The van der Waals surface area contributed by atoms with E-state index < -0.39 is 11.8 Å². The highest BCUT2D eigenvalue weighted by Crippen LogP contribution is 2.55. The van der Waals surface area contributed by atoms with Crippen molar-refractivity contribution in [1.29, 1.82) is 0 Å². The topological polar surface area (TPSA) is 26.3 Å². The molecule has 3 atom stereocenters. The van der Waals surface area contributed by atoms with Crippen molar-refractivity contribution in [3.8, 4) is 30.6 Å². The molecule has 0 saturated carbocycles. The third kappa shape index (κ3) is 9.72. The molecule has 0 bridgehead atoms. The van der Waals surface area contributed by atoms with Gasteiger partial charge < -0.3 is 4.74 Å². The number of rotatable bonds is 22. The van der Waals surface area contributed by atoms with E-state index in [0.717, 1.165) is 57.9 Å². The molecule has 7 aromatic rings. The van der Waals surface area contributed by atoms with Crippen molar-refractivity contribution in [1.82, 2.24) is 0 Å². The van der Waals surface area contributed by atoms with Crippen molar-refractivity contribution in [2.75, 3.05) is 6.61 Å². The first-order valence-electron chi connectivity index (χ1n) is 22.7. The molecule has 0 aliphatic carbocycles. The van der Waals surface area contributed by atoms with Crippen LogP contribution in [0.25, 0.3) is 60.9 Å². The number of halogens is 1. The Hall–Kier alpha value is -2.40. The van der Waals surface area contributed by atoms with E-state index in [1.807, 2.05) is 34.0 Å². The van der Waals surface area contributed by atoms with Gasteiger partial charge >= 0.3 is 5.97 Å². The van der Waals surface area contributed by atoms with E-state index in [0.29, 0.717) is 29.7 Å². The first-order chi connectivity index (χ1) is 29.1. The van der Waals surface area contributed by atoms with Crippen LogP contribution in [0.3, 0.4) is 0 Å². The summed E-state index contributed by atoms with van der Waals surface area (Å²) < 4.78 is 26.1. The van der Waals surface area contributed by atoms with Crippen LogP contribution in [-0.2, 0) is 17.6 Å². The second-order valence-electron chi connectivity index (χ2n) is 16.9. The Morgan fingerprint density at radius 3 is 1.70 bits per heavy atom. The van der Waals surface area contributed by atoms with E-state index >= 15 is 4.39 Å². The summed E-state index contributed by atoms with van der Waals surface area (Å²) in [5, 5.41) is 3.15. The summed E-state index contributed by atoms with van der Waals surface area (Å²) in [5.41, 5.74) is 2.63. The van der Waals surface area contributed by atoms with Crippen LogP contribution >= 0.6 is 68.0 Å². The van der Waals surface area contributed by atoms with Gasteiger partial charge in [0, 0.05) is 70.8 Å². The van der Waals surface area contributed by atoms with Crippen LogP contribution in [0.2, 0.25) is 0 Å². The van der Waals surface area contributed by atoms with Crippen LogP contribution in [0.15, 0.2) is 36.4 Å². The van der Waals surface area contributed by atoms with Gasteiger partial charge in [0.05, 0.1) is 16.2 Å². The number of unbranched alkanes of at least 4 members (excludes halogenated alkanes) is 3. The molecule has 60 heavy (non-hydrogen) atoms. The first kappa shape index (κ1) is 45.6. The molecule has 322 valence electrons. The van der Waals surface area contributed by atoms with Crippen molar-refractivity contribution in [2.45, 2.75) is 145 Å². The number of esters is 1. The van der Waals surface area contributed by atoms with E-state index in [9.17, 15) is 4.79 Å². The van der Waals surface area contributed by atoms with Crippen molar-refractivity contribution in [3.63, 3.8) is 0 Å². The molecule has 3 unspecified atom stereocenters. The van der Waals surface area contributed by atoms with E-state index in [-0.39, 0.29) is 4.88 Å². The monoisotopic (exact) mass is 918 g/mol. The molecule has 0 radical (unpaired) electrons. The molecule has 0 saturated heterocycles. The molecule has 7 rings (SSSR count). The summed E-state index contributed by atoms with van der Waals surface area (Å²) in [6, 6.07) is 14.3. The lowest BCUT2D eigenvalue weighted by Gasteiger charge is -2.14. The second-order valence-corrected chi connectivity index (χ2v) is 23.8. The number of hydrogen-bond acceptors (Lipinski definition) is 8. The van der Waals surface area contributed by atoms with Crippen molar-refractivity contribution in [2.24, 2.45) is 17.8 Å². The van der Waals surface area contributed by atoms with Gasteiger partial charge in [-0.05, 0) is 87.3 Å². The molecule has 0 aliphatic heterocycles. The van der Waals surface area contributed by atoms with E-state index in [2.05, 4.69) is 91.8 Å². The lowest BCUT2D eigenvalue weighted by Crippen LogP contribution is -2.14. The highest BCUT2D eigenvalue weighted by Gasteiger charge is 2.29. The maximum absolute atomic E-state index is 16.8. The fourth-order valence-electron chi connectivity index (χ4n) is 8.77. The Bertz CT molecular complexity index is 2410. The van der Waals surface area contributed by atoms with Gasteiger partial charge in [0.1, 0.15) is 4.88 Å². The van der Waals surface area contributed by atoms with Gasteiger partial charge in [0.2, 0.25) is 0 Å². The van der Waals surface area contributed by atoms with Gasteiger partial charge in [-0.3, -0.25) is 0 Å². The fourth-order valence-corrected chi connectivity index (χ4v) is 16.0. The van der Waals surface area contributed by atoms with Crippen LogP contribution in [0.1, 0.15) is 148 Å². The Balaban J connectivity index is 1.37. The zero-order valence-electron chi connectivity index (χ0n) is 36.9. The van der Waals surface area contributed by atoms with Crippen LogP contribution in [0, 0.1) is 37.4 Å². The molecule has 1 aromatic carbocycles. The molecule has 2 nitrogen and oxygen atoms in total. The van der Waals surface area contributed by atoms with Crippen LogP contribution < -0.4 is 0 Å². The lowest BCUT2D eigenvalue weighted by molar-refractivity contribution is 0.0429. The number of ether oxygens (including phenoxy) is 1. The van der Waals surface area contributed by atoms with E-state index in [1.165, 1.54) is 118 Å². The number of fused-ring (bicyclic) bond motifs is 3. The van der Waals surface area contributed by atoms with Crippen molar-refractivity contribution >= 4 is 104 Å². The standard InChI is InChI=1S/C51H63FO2S6/c1-9-15-18-32(12-4)26-35-21-23-39(57-35)42-37-25-30(7)55-47(37)43(40-24-22-36(58-40)27-33(13-5)19-16-10-2)38-28-41(59-48(38)42)49-44-45(52)50(60-46(44)31(8)56-49)51(53)54-29-34(14-6)20-17-11-3/h21-25,28,32-34H,9-20,26-27,29H2,1-8H3. The zero-order chi connectivity index (χ0) is 42.5. The Kier molecular flexibility index (Phi) is 15.9. The summed E-state index contributed by atoms with van der Waals surface area (Å²) in [7, 11) is 0. The van der Waals surface area contributed by atoms with Gasteiger partial charge in [0.15, 0.2) is 5.82 Å². The predicted molar refractivity (Wildman–Crippen MR) is 270 cm³/mol. The molecule has 0 fully saturated rings. The van der Waals surface area contributed by atoms with Crippen molar-refractivity contribution in [3.05, 3.63) is 66.6 Å². The molecule has 0 spiro atoms. The van der Waals surface area contributed by atoms with Gasteiger partial charge in [-0.25, -0.2) is 9.18 Å². The number of benzene rings is 1. The molecule has 0 amide bonds. The number of carbonyl (C=O) groups excluding carboxylic acids is 1. The zero-order valence-corrected chi connectivity index (χ0v) is 41.8. The fraction of sp³-hybridized carbons (Fsp3) is 0.510. The van der Waals surface area contributed by atoms with Crippen LogP contribution in [0.4, 0.5) is 4.39 Å². The summed E-state index contributed by atoms with van der Waals surface area (Å²) in [6.07, 6.45) is 16.5. The minimum atomic E-state index is -0.530. The van der Waals surface area contributed by atoms with Crippen LogP contribution in [0.5, 0.6) is 0 Å². The van der Waals surface area contributed by atoms with Gasteiger partial charge in [0.25, 0.3) is 0 Å². The summed E-state index contributed by atoms with van der Waals surface area (Å²) in [4.78, 5) is 23.5. The maximum Gasteiger partial charge on any atom is 0.351 e. The summed E-state index contributed by atoms with van der Waals surface area (Å²) in [5.74, 6) is 0.761. The number of carbonyl (C=O) groups is 1. The minimum absolute atomic E-state index is 0.104. The Labute approximate surface area is 382 Å². The Morgan fingerprint density at radius 1 is 0.617 bits per heavy atom. The van der Waals surface area contributed by atoms with Crippen LogP contribution in [-0.4, -0.2) is 12.6 Å². The number of hydrogen-bond donors (Lipinski definition) is 0. The average Bonchev–Trinajstić information content (AvgIpc) is 4.12. The molecular formula is C51H63FO2S6. The van der Waals surface area contributed by atoms with Crippen molar-refractivity contribution < 1.29 is 13.9 Å². The highest BCUT2D eigenvalue weighted by atomic mass is 32.1. The molecule has 6 aromatic heterocycles. The minimum Gasteiger partial charge on any atom is -0.461 e. The third-order valence-corrected chi connectivity index (χ3v) is 19.7. The number of thiophene rings is 6. The maximum atomic E-state index is 16.8. The average molecular weight is 919 g/mol. The lowest BCUT2D eigenvalue weighted by atomic mass is 9.95. The van der Waals surface area contributed by atoms with Gasteiger partial charge in [-0.1, -0.05) is 112 Å². The summed E-state index contributed by atoms with van der Waals surface area (Å²) >= 11 is 10.6. The second kappa shape index (κ2) is 20.9. The number of aryl methyl sites for hydroxylation is 2. The molecule has 0 N–H and O–H groups in total. The third-order valence-electron chi connectivity index (χ3n) is 12.5. The first-order valence-corrected chi connectivity index (χ1v) is 27.6. The molecule has 0 aliphatic rings. The summed E-state index contributed by atoms with van der Waals surface area (Å²) in [6.45, 7) is 18.2. The largest absolute Gasteiger partial charge is 0.461 e. The smallest absolute Gasteiger partial charge is 0.351 e. The predicted octanol–water partition coefficient (Wildman–Crippen LogP) is 19.2. The quantitative estimate of drug-likeness (QED) is 0.0633. The molecule has 6 heterocycles. The van der Waals surface area contributed by atoms with E-state index in [1.54, 1.807) is 22.7 Å². The molecule has 9 heteroatoms. The Morgan fingerprint density at radius 2 is 1.15 bits per heavy atom. The normalized spacial score (nSPS) is 13.6. The molecular weight excluding hydrogens is 856 g/mol. The van der Waals surface area contributed by atoms with E-state index in [4.69, 9.17) is 4.74 Å². The SMILES string of the molecule is CCCCC(CC)COC(=O)c1sc2c(C)sc(-c3cc4c(-c5ccc(CC(CC)CCCC)s5)c5sc(C)cc5c(-c5ccc(CC(CC)CCCC)s5)c4s3)c2c1F. The van der Waals surface area contributed by atoms with Gasteiger partial charge in [-0.2, -0.15) is 0 Å².